The summed E-state index contributed by atoms with van der Waals surface area (Å²) in [5, 5.41) is 8.75. The highest BCUT2D eigenvalue weighted by Crippen LogP contribution is 2.26. The SMILES string of the molecule is CS(=O)(=O)N1CCC[C@H](CSc2ccc(C#N)cc2)C1. The first kappa shape index (κ1) is 15.4. The molecule has 0 N–H and O–H groups in total. The molecule has 1 saturated heterocycles. The van der Waals surface area contributed by atoms with E-state index in [2.05, 4.69) is 6.07 Å². The minimum Gasteiger partial charge on any atom is -0.213 e. The lowest BCUT2D eigenvalue weighted by molar-refractivity contribution is 0.286. The number of sulfonamides is 1. The van der Waals surface area contributed by atoms with Crippen LogP contribution in [0.15, 0.2) is 29.2 Å². The summed E-state index contributed by atoms with van der Waals surface area (Å²) in [5.41, 5.74) is 0.662. The van der Waals surface area contributed by atoms with Crippen molar-refractivity contribution in [3.8, 4) is 6.07 Å². The summed E-state index contributed by atoms with van der Waals surface area (Å²) < 4.78 is 24.7. The minimum absolute atomic E-state index is 0.402. The summed E-state index contributed by atoms with van der Waals surface area (Å²) in [5.74, 6) is 1.32. The molecular weight excluding hydrogens is 292 g/mol. The minimum atomic E-state index is -3.06. The first-order chi connectivity index (χ1) is 9.49. The van der Waals surface area contributed by atoms with Gasteiger partial charge in [0, 0.05) is 23.7 Å². The fraction of sp³-hybridized carbons (Fsp3) is 0.500. The molecule has 1 fully saturated rings. The number of piperidine rings is 1. The molecule has 1 aliphatic heterocycles. The zero-order chi connectivity index (χ0) is 14.6. The molecule has 0 radical (unpaired) electrons. The van der Waals surface area contributed by atoms with Crippen LogP contribution >= 0.6 is 11.8 Å². The first-order valence-corrected chi connectivity index (χ1v) is 9.40. The van der Waals surface area contributed by atoms with Gasteiger partial charge in [-0.2, -0.15) is 5.26 Å². The number of hydrogen-bond acceptors (Lipinski definition) is 4. The summed E-state index contributed by atoms with van der Waals surface area (Å²) >= 11 is 1.73. The first-order valence-electron chi connectivity index (χ1n) is 6.57. The van der Waals surface area contributed by atoms with Gasteiger partial charge in [-0.15, -0.1) is 11.8 Å². The van der Waals surface area contributed by atoms with Crippen molar-refractivity contribution in [3.05, 3.63) is 29.8 Å². The number of thioether (sulfide) groups is 1. The van der Waals surface area contributed by atoms with Crippen LogP contribution in [0.4, 0.5) is 0 Å². The molecule has 1 aliphatic rings. The van der Waals surface area contributed by atoms with E-state index in [1.54, 1.807) is 16.1 Å². The maximum absolute atomic E-state index is 11.6. The van der Waals surface area contributed by atoms with Crippen molar-refractivity contribution < 1.29 is 8.42 Å². The fourth-order valence-corrected chi connectivity index (χ4v) is 4.28. The van der Waals surface area contributed by atoms with Gasteiger partial charge in [0.2, 0.25) is 10.0 Å². The normalized spacial score (nSPS) is 20.5. The van der Waals surface area contributed by atoms with Crippen molar-refractivity contribution in [3.63, 3.8) is 0 Å². The molecule has 1 atom stereocenters. The number of rotatable bonds is 4. The Kier molecular flexibility index (Phi) is 5.08. The Morgan fingerprint density at radius 3 is 2.70 bits per heavy atom. The molecule has 1 aromatic rings. The van der Waals surface area contributed by atoms with Gasteiger partial charge in [0.1, 0.15) is 0 Å². The second-order valence-corrected chi connectivity index (χ2v) is 8.15. The lowest BCUT2D eigenvalue weighted by Crippen LogP contribution is -2.39. The van der Waals surface area contributed by atoms with Gasteiger partial charge in [-0.3, -0.25) is 0 Å². The summed E-state index contributed by atoms with van der Waals surface area (Å²) in [6.45, 7) is 1.28. The van der Waals surface area contributed by atoms with Gasteiger partial charge in [-0.25, -0.2) is 12.7 Å². The third-order valence-electron chi connectivity index (χ3n) is 3.42. The third-order valence-corrected chi connectivity index (χ3v) is 5.93. The molecule has 1 aromatic carbocycles. The molecule has 0 bridgehead atoms. The van der Waals surface area contributed by atoms with E-state index in [1.807, 2.05) is 24.3 Å². The Balaban J connectivity index is 1.89. The van der Waals surface area contributed by atoms with Gasteiger partial charge >= 0.3 is 0 Å². The van der Waals surface area contributed by atoms with Gasteiger partial charge in [-0.05, 0) is 43.0 Å². The second-order valence-electron chi connectivity index (χ2n) is 5.08. The quantitative estimate of drug-likeness (QED) is 0.801. The molecule has 6 heteroatoms. The third kappa shape index (κ3) is 4.23. The highest BCUT2D eigenvalue weighted by atomic mass is 32.2. The fourth-order valence-electron chi connectivity index (χ4n) is 2.30. The summed E-state index contributed by atoms with van der Waals surface area (Å²) in [6, 6.07) is 9.61. The number of benzene rings is 1. The van der Waals surface area contributed by atoms with Crippen molar-refractivity contribution in [1.82, 2.24) is 4.31 Å². The Bertz CT molecular complexity index is 591. The van der Waals surface area contributed by atoms with E-state index >= 15 is 0 Å². The molecule has 0 aromatic heterocycles. The molecule has 0 amide bonds. The zero-order valence-electron chi connectivity index (χ0n) is 11.4. The Morgan fingerprint density at radius 2 is 2.10 bits per heavy atom. The molecule has 0 aliphatic carbocycles. The molecule has 0 saturated carbocycles. The van der Waals surface area contributed by atoms with E-state index in [0.717, 1.165) is 23.5 Å². The lowest BCUT2D eigenvalue weighted by Gasteiger charge is -2.30. The molecule has 0 unspecified atom stereocenters. The van der Waals surface area contributed by atoms with Crippen molar-refractivity contribution in [1.29, 1.82) is 5.26 Å². The molecule has 4 nitrogen and oxygen atoms in total. The largest absolute Gasteiger partial charge is 0.213 e. The maximum atomic E-state index is 11.6. The van der Waals surface area contributed by atoms with Crippen LogP contribution in [0, 0.1) is 17.2 Å². The van der Waals surface area contributed by atoms with E-state index in [0.29, 0.717) is 24.6 Å². The Labute approximate surface area is 124 Å². The van der Waals surface area contributed by atoms with E-state index < -0.39 is 10.0 Å². The van der Waals surface area contributed by atoms with E-state index in [1.165, 1.54) is 6.26 Å². The predicted octanol–water partition coefficient (Wildman–Crippen LogP) is 2.32. The van der Waals surface area contributed by atoms with Crippen LogP contribution in [0.2, 0.25) is 0 Å². The smallest absolute Gasteiger partial charge is 0.211 e. The highest BCUT2D eigenvalue weighted by molar-refractivity contribution is 7.99. The molecule has 108 valence electrons. The van der Waals surface area contributed by atoms with Crippen LogP contribution in [0.1, 0.15) is 18.4 Å². The average Bonchev–Trinajstić information content (AvgIpc) is 2.45. The second kappa shape index (κ2) is 6.61. The Hall–Kier alpha value is -1.03. The average molecular weight is 310 g/mol. The zero-order valence-corrected chi connectivity index (χ0v) is 13.1. The molecule has 0 spiro atoms. The van der Waals surface area contributed by atoms with Gasteiger partial charge < -0.3 is 0 Å². The van der Waals surface area contributed by atoms with Crippen molar-refractivity contribution in [2.45, 2.75) is 17.7 Å². The maximum Gasteiger partial charge on any atom is 0.211 e. The Morgan fingerprint density at radius 1 is 1.40 bits per heavy atom. The summed E-state index contributed by atoms with van der Waals surface area (Å²) in [4.78, 5) is 1.13. The van der Waals surface area contributed by atoms with E-state index in [-0.39, 0.29) is 0 Å². The standard InChI is InChI=1S/C14H18N2O2S2/c1-20(17,18)16-8-2-3-13(10-16)11-19-14-6-4-12(9-15)5-7-14/h4-7,13H,2-3,8,10-11H2,1H3/t13-/m0/s1. The van der Waals surface area contributed by atoms with Gasteiger partial charge in [0.25, 0.3) is 0 Å². The molecule has 1 heterocycles. The molecular formula is C14H18N2O2S2. The number of hydrogen-bond donors (Lipinski definition) is 0. The van der Waals surface area contributed by atoms with E-state index in [9.17, 15) is 8.42 Å². The monoisotopic (exact) mass is 310 g/mol. The predicted molar refractivity (Wildman–Crippen MR) is 81.0 cm³/mol. The summed E-state index contributed by atoms with van der Waals surface area (Å²) in [6.07, 6.45) is 3.30. The van der Waals surface area contributed by atoms with Crippen LogP contribution in [-0.2, 0) is 10.0 Å². The number of nitriles is 1. The molecule has 20 heavy (non-hydrogen) atoms. The van der Waals surface area contributed by atoms with Crippen LogP contribution in [0.25, 0.3) is 0 Å². The highest BCUT2D eigenvalue weighted by Gasteiger charge is 2.25. The van der Waals surface area contributed by atoms with Crippen LogP contribution < -0.4 is 0 Å². The van der Waals surface area contributed by atoms with Gasteiger partial charge in [0.05, 0.1) is 17.9 Å². The van der Waals surface area contributed by atoms with Crippen molar-refractivity contribution in [2.24, 2.45) is 5.92 Å². The van der Waals surface area contributed by atoms with Gasteiger partial charge in [0.15, 0.2) is 0 Å². The van der Waals surface area contributed by atoms with Crippen LogP contribution in [0.3, 0.4) is 0 Å². The summed E-state index contributed by atoms with van der Waals surface area (Å²) in [7, 11) is -3.06. The van der Waals surface area contributed by atoms with Crippen LogP contribution in [-0.4, -0.2) is 37.8 Å². The van der Waals surface area contributed by atoms with Crippen LogP contribution in [0.5, 0.6) is 0 Å². The number of nitrogens with zero attached hydrogens (tertiary/aromatic N) is 2. The van der Waals surface area contributed by atoms with Gasteiger partial charge in [-0.1, -0.05) is 0 Å². The van der Waals surface area contributed by atoms with Crippen molar-refractivity contribution in [2.75, 3.05) is 25.1 Å². The van der Waals surface area contributed by atoms with E-state index in [4.69, 9.17) is 5.26 Å². The lowest BCUT2D eigenvalue weighted by atomic mass is 10.0. The van der Waals surface area contributed by atoms with Crippen molar-refractivity contribution >= 4 is 21.8 Å². The molecule has 2 rings (SSSR count). The topological polar surface area (TPSA) is 61.2 Å².